The van der Waals surface area contributed by atoms with E-state index in [9.17, 15) is 0 Å². The third-order valence-electron chi connectivity index (χ3n) is 2.18. The fourth-order valence-electron chi connectivity index (χ4n) is 1.36. The molecule has 8 heteroatoms. The molecule has 0 N–H and O–H groups in total. The molecule has 0 bridgehead atoms. The molecule has 1 aliphatic rings. The highest BCUT2D eigenvalue weighted by molar-refractivity contribution is 8.08. The molecule has 1 aliphatic heterocycles. The average Bonchev–Trinajstić information content (AvgIpc) is 2.74. The molecule has 0 aromatic carbocycles. The predicted octanol–water partition coefficient (Wildman–Crippen LogP) is 5.94. The zero-order valence-electron chi connectivity index (χ0n) is 10.4. The molecule has 0 atom stereocenters. The molecule has 19 heavy (non-hydrogen) atoms. The molecule has 0 radical (unpaired) electrons. The van der Waals surface area contributed by atoms with Gasteiger partial charge in [-0.25, -0.2) is 0 Å². The van der Waals surface area contributed by atoms with E-state index in [1.165, 1.54) is 54.4 Å². The predicted molar refractivity (Wildman–Crippen MR) is 106 cm³/mol. The Kier molecular flexibility index (Phi) is 9.78. The van der Waals surface area contributed by atoms with Gasteiger partial charge in [-0.05, 0) is 0 Å². The van der Waals surface area contributed by atoms with Crippen molar-refractivity contribution in [1.82, 2.24) is 0 Å². The monoisotopic (exact) mass is 404 g/mol. The Morgan fingerprint density at radius 1 is 0.579 bits per heavy atom. The van der Waals surface area contributed by atoms with Crippen LogP contribution in [0.1, 0.15) is 0 Å². The lowest BCUT2D eigenvalue weighted by atomic mass is 10.9. The fraction of sp³-hybridized carbons (Fsp3) is 0.727. The number of thioether (sulfide) groups is 5. The molecule has 0 spiro atoms. The second kappa shape index (κ2) is 10.7. The van der Waals surface area contributed by atoms with Crippen LogP contribution in [0.15, 0.2) is 8.42 Å². The van der Waals surface area contributed by atoms with Crippen LogP contribution in [0.4, 0.5) is 0 Å². The Morgan fingerprint density at radius 2 is 0.947 bits per heavy atom. The minimum absolute atomic E-state index is 1.09. The van der Waals surface area contributed by atoms with Crippen LogP contribution in [0.5, 0.6) is 0 Å². The van der Waals surface area contributed by atoms with Gasteiger partial charge in [-0.1, -0.05) is 12.2 Å². The number of rotatable bonds is 0. The summed E-state index contributed by atoms with van der Waals surface area (Å²) >= 11 is 19.3. The van der Waals surface area contributed by atoms with Crippen molar-refractivity contribution in [3.63, 3.8) is 0 Å². The van der Waals surface area contributed by atoms with Crippen LogP contribution in [-0.2, 0) is 0 Å². The van der Waals surface area contributed by atoms with Crippen LogP contribution in [0.2, 0.25) is 0 Å². The number of hydrogen-bond acceptors (Lipinski definition) is 8. The van der Waals surface area contributed by atoms with E-state index >= 15 is 0 Å². The van der Waals surface area contributed by atoms with E-state index in [0.29, 0.717) is 0 Å². The second-order valence-electron chi connectivity index (χ2n) is 3.56. The number of hydrogen-bond donors (Lipinski definition) is 0. The average molecular weight is 405 g/mol. The molecule has 2 rings (SSSR count). The van der Waals surface area contributed by atoms with Crippen molar-refractivity contribution < 1.29 is 0 Å². The zero-order valence-corrected chi connectivity index (χ0v) is 17.0. The first-order valence-electron chi connectivity index (χ1n) is 5.99. The molecule has 1 aromatic rings. The Bertz CT molecular complexity index is 375. The maximum Gasteiger partial charge on any atom is 0.145 e. The van der Waals surface area contributed by atoms with Gasteiger partial charge in [0.25, 0.3) is 0 Å². The first-order valence-corrected chi connectivity index (χ1v) is 13.5. The van der Waals surface area contributed by atoms with Crippen LogP contribution in [0.3, 0.4) is 0 Å². The van der Waals surface area contributed by atoms with Gasteiger partial charge >= 0.3 is 0 Å². The Morgan fingerprint density at radius 3 is 1.37 bits per heavy atom. The lowest BCUT2D eigenvalue weighted by molar-refractivity contribution is 1.45. The first-order chi connectivity index (χ1) is 9.36. The van der Waals surface area contributed by atoms with Gasteiger partial charge in [0.1, 0.15) is 3.14 Å². The summed E-state index contributed by atoms with van der Waals surface area (Å²) in [6.07, 6.45) is 0. The molecule has 0 saturated heterocycles. The minimum atomic E-state index is 1.09. The quantitative estimate of drug-likeness (QED) is 0.487. The fourth-order valence-corrected chi connectivity index (χ4v) is 11.0. The smallest absolute Gasteiger partial charge is 0.145 e. The van der Waals surface area contributed by atoms with E-state index < -0.39 is 0 Å². The van der Waals surface area contributed by atoms with Crippen LogP contribution in [-0.4, -0.2) is 46.0 Å². The zero-order chi connectivity index (χ0) is 13.3. The van der Waals surface area contributed by atoms with Crippen molar-refractivity contribution in [1.29, 1.82) is 0 Å². The summed E-state index contributed by atoms with van der Waals surface area (Å²) in [7, 11) is 0. The van der Waals surface area contributed by atoms with Crippen molar-refractivity contribution in [2.75, 3.05) is 46.0 Å². The lowest BCUT2D eigenvalue weighted by Gasteiger charge is -2.02. The summed E-state index contributed by atoms with van der Waals surface area (Å²) in [6.45, 7) is 0. The summed E-state index contributed by atoms with van der Waals surface area (Å²) in [5.74, 6) is 10.2. The van der Waals surface area contributed by atoms with E-state index in [1.54, 1.807) is 0 Å². The van der Waals surface area contributed by atoms with Gasteiger partial charge in [-0.2, -0.15) is 35.3 Å². The Balaban J connectivity index is 1.89. The van der Waals surface area contributed by atoms with Gasteiger partial charge in [0.05, 0.1) is 8.42 Å². The normalized spacial score (nSPS) is 20.2. The van der Waals surface area contributed by atoms with E-state index in [1.807, 2.05) is 46.2 Å². The largest absolute Gasteiger partial charge is 0.160 e. The second-order valence-corrected chi connectivity index (χ2v) is 13.2. The lowest BCUT2D eigenvalue weighted by Crippen LogP contribution is -1.93. The van der Waals surface area contributed by atoms with E-state index in [-0.39, 0.29) is 0 Å². The summed E-state index contributed by atoms with van der Waals surface area (Å²) < 4.78 is 4.02. The standard InChI is InChI=1S/C11H16S8/c12-11-18-9-10(19-11)17-8-6-15-4-2-13-1-3-14-5-7-16-9/h1-8H2. The molecular formula is C11H16S8. The summed E-state index contributed by atoms with van der Waals surface area (Å²) in [6, 6.07) is 0. The van der Waals surface area contributed by atoms with Crippen LogP contribution in [0, 0.1) is 3.14 Å². The first kappa shape index (κ1) is 17.4. The van der Waals surface area contributed by atoms with Crippen LogP contribution >= 0.6 is 93.7 Å². The summed E-state index contributed by atoms with van der Waals surface area (Å²) in [5.41, 5.74) is 0. The van der Waals surface area contributed by atoms with Crippen LogP contribution in [0.25, 0.3) is 0 Å². The van der Waals surface area contributed by atoms with Gasteiger partial charge in [0.2, 0.25) is 0 Å². The van der Waals surface area contributed by atoms with E-state index in [4.69, 9.17) is 12.2 Å². The van der Waals surface area contributed by atoms with Gasteiger partial charge in [-0.3, -0.25) is 0 Å². The van der Waals surface area contributed by atoms with Crippen molar-refractivity contribution >= 4 is 93.7 Å². The van der Waals surface area contributed by atoms with Crippen molar-refractivity contribution in [3.05, 3.63) is 3.14 Å². The van der Waals surface area contributed by atoms with E-state index in [0.717, 1.165) is 3.14 Å². The maximum atomic E-state index is 5.35. The van der Waals surface area contributed by atoms with Crippen molar-refractivity contribution in [3.8, 4) is 0 Å². The third-order valence-corrected chi connectivity index (χ3v) is 11.8. The highest BCUT2D eigenvalue weighted by Crippen LogP contribution is 2.41. The SMILES string of the molecule is S=c1sc2c(s1)SCCSCCSCCSCCS2. The molecule has 1 aromatic heterocycles. The molecule has 108 valence electrons. The Hall–Kier alpha value is 2.02. The Labute approximate surface area is 150 Å². The number of fused-ring (bicyclic) bond motifs is 1. The highest BCUT2D eigenvalue weighted by Gasteiger charge is 2.09. The highest BCUT2D eigenvalue weighted by atomic mass is 32.2. The molecule has 0 nitrogen and oxygen atoms in total. The van der Waals surface area contributed by atoms with Crippen molar-refractivity contribution in [2.24, 2.45) is 0 Å². The molecule has 0 unspecified atom stereocenters. The van der Waals surface area contributed by atoms with Crippen molar-refractivity contribution in [2.45, 2.75) is 8.42 Å². The molecule has 0 amide bonds. The van der Waals surface area contributed by atoms with Crippen LogP contribution < -0.4 is 0 Å². The minimum Gasteiger partial charge on any atom is -0.160 e. The topological polar surface area (TPSA) is 0 Å². The molecule has 2 heterocycles. The maximum absolute atomic E-state index is 5.35. The van der Waals surface area contributed by atoms with E-state index in [2.05, 4.69) is 35.3 Å². The molecule has 0 aliphatic carbocycles. The molecule has 0 fully saturated rings. The third kappa shape index (κ3) is 7.21. The van der Waals surface area contributed by atoms with Gasteiger partial charge in [-0.15, -0.1) is 46.2 Å². The van der Waals surface area contributed by atoms with Gasteiger partial charge < -0.3 is 0 Å². The molecule has 0 saturated carbocycles. The summed E-state index contributed by atoms with van der Waals surface area (Å²) in [5, 5.41) is 0. The van der Waals surface area contributed by atoms with Gasteiger partial charge in [0, 0.05) is 46.0 Å². The van der Waals surface area contributed by atoms with Gasteiger partial charge in [0.15, 0.2) is 0 Å². The summed E-state index contributed by atoms with van der Waals surface area (Å²) in [4.78, 5) is 0. The molecular weight excluding hydrogens is 389 g/mol.